The summed E-state index contributed by atoms with van der Waals surface area (Å²) in [5, 5.41) is 22.1. The fourth-order valence-corrected chi connectivity index (χ4v) is 12.9. The third-order valence-electron chi connectivity index (χ3n) is 18.0. The smallest absolute Gasteiger partial charge is 0.197 e. The number of ether oxygens (including phenoxy) is 4. The lowest BCUT2D eigenvalue weighted by Gasteiger charge is -2.29. The van der Waals surface area contributed by atoms with E-state index >= 15 is 0 Å². The first-order valence-electron chi connectivity index (χ1n) is 29.1. The van der Waals surface area contributed by atoms with Gasteiger partial charge in [-0.05, 0) is 245 Å². The second-order valence-corrected chi connectivity index (χ2v) is 23.3. The van der Waals surface area contributed by atoms with Crippen LogP contribution in [0.15, 0.2) is 97.1 Å². The number of aromatic hydroxyl groups is 2. The molecule has 2 fully saturated rings. The van der Waals surface area contributed by atoms with Gasteiger partial charge < -0.3 is 29.2 Å². The van der Waals surface area contributed by atoms with Gasteiger partial charge in [0.15, 0.2) is 12.6 Å². The summed E-state index contributed by atoms with van der Waals surface area (Å²) in [6.07, 6.45) is 11.7. The number of rotatable bonds is 16. The number of phenolic OH excluding ortho intramolecular Hbond substituents is 2. The van der Waals surface area contributed by atoms with E-state index in [2.05, 4.69) is 152 Å². The van der Waals surface area contributed by atoms with Gasteiger partial charge in [-0.25, -0.2) is 0 Å². The maximum atomic E-state index is 11.1. The van der Waals surface area contributed by atoms with Gasteiger partial charge in [-0.3, -0.25) is 0 Å². The van der Waals surface area contributed by atoms with E-state index in [0.29, 0.717) is 11.5 Å². The van der Waals surface area contributed by atoms with E-state index in [9.17, 15) is 10.2 Å². The van der Waals surface area contributed by atoms with Crippen molar-refractivity contribution in [2.45, 2.75) is 198 Å². The molecule has 0 spiro atoms. The summed E-state index contributed by atoms with van der Waals surface area (Å²) in [6, 6.07) is 36.1. The topological polar surface area (TPSA) is 77.4 Å². The molecule has 0 aliphatic heterocycles. The fraction of sp³-hybridized carbons (Fsp3) is 0.417. The zero-order valence-corrected chi connectivity index (χ0v) is 49.3. The molecule has 2 aliphatic carbocycles. The normalized spacial score (nSPS) is 16.0. The lowest BCUT2D eigenvalue weighted by atomic mass is 9.78. The summed E-state index contributed by atoms with van der Waals surface area (Å²) in [5.74, 6) is 2.39. The summed E-state index contributed by atoms with van der Waals surface area (Å²) in [4.78, 5) is 0. The van der Waals surface area contributed by atoms with Gasteiger partial charge in [0.1, 0.15) is 23.0 Å². The summed E-state index contributed by atoms with van der Waals surface area (Å²) in [7, 11) is 0. The molecule has 0 amide bonds. The predicted octanol–water partition coefficient (Wildman–Crippen LogP) is 18.6. The molecule has 4 unspecified atom stereocenters. The highest BCUT2D eigenvalue weighted by Crippen LogP contribution is 2.46. The fourth-order valence-electron chi connectivity index (χ4n) is 12.9. The summed E-state index contributed by atoms with van der Waals surface area (Å²) >= 11 is 0. The Morgan fingerprint density at radius 1 is 0.346 bits per heavy atom. The molecule has 7 aromatic carbocycles. The molecule has 0 radical (unpaired) electrons. The minimum absolute atomic E-state index is 0.0692. The SMILES string of the molecule is Cc1cc(C(c2ccc(-c3ccc(-c4ccc(C(c5cc(C)c(O)c(C)c5C)c5cc(C)c(OC(C)OC6CCCCC6)c(C)c5C)cc4)cc3)cc2)c2cc(C)c(OC(C)OC3CCCCC3)c(C)c2C)c(C)c(C)c1O. The zero-order chi connectivity index (χ0) is 55.7. The van der Waals surface area contributed by atoms with Gasteiger partial charge in [-0.1, -0.05) is 136 Å². The zero-order valence-electron chi connectivity index (χ0n) is 49.3. The van der Waals surface area contributed by atoms with Crippen molar-refractivity contribution >= 4 is 0 Å². The van der Waals surface area contributed by atoms with Crippen LogP contribution in [0.1, 0.15) is 190 Å². The van der Waals surface area contributed by atoms with E-state index in [1.165, 1.54) is 83.0 Å². The van der Waals surface area contributed by atoms with Gasteiger partial charge in [0.05, 0.1) is 12.2 Å². The molecular weight excluding hydrogens is 961 g/mol. The molecule has 2 saturated carbocycles. The van der Waals surface area contributed by atoms with E-state index in [1.54, 1.807) is 0 Å². The highest BCUT2D eigenvalue weighted by Gasteiger charge is 2.29. The molecule has 0 saturated heterocycles. The van der Waals surface area contributed by atoms with Crippen molar-refractivity contribution in [3.8, 4) is 45.3 Å². The number of benzene rings is 7. The Balaban J connectivity index is 0.996. The Bertz CT molecular complexity index is 3040. The molecule has 2 aliphatic rings. The third kappa shape index (κ3) is 11.7. The standard InChI is InChI=1S/C72H86O6/c1-41-37-63(45(5)49(9)69(41)73)67(65-39-43(3)71(51(11)47(65)7)77-53(13)75-61-21-17-15-18-22-61)59-33-29-57(30-34-59)55-25-27-56(28-26-55)58-31-35-60(36-32-58)68(64-38-42(2)70(74)50(10)46(64)6)66-40-44(4)72(52(12)48(66)8)78-54(14)76-62-23-19-16-20-24-62/h25-40,53-54,61-62,67-68,73-74H,15-24H2,1-14H3. The molecule has 4 atom stereocenters. The second kappa shape index (κ2) is 23.9. The maximum Gasteiger partial charge on any atom is 0.197 e. The van der Waals surface area contributed by atoms with E-state index in [4.69, 9.17) is 18.9 Å². The molecular formula is C72H86O6. The monoisotopic (exact) mass is 1050 g/mol. The van der Waals surface area contributed by atoms with Crippen molar-refractivity contribution in [1.82, 2.24) is 0 Å². The maximum absolute atomic E-state index is 11.1. The lowest BCUT2D eigenvalue weighted by Crippen LogP contribution is -2.26. The predicted molar refractivity (Wildman–Crippen MR) is 321 cm³/mol. The first-order valence-corrected chi connectivity index (χ1v) is 29.1. The van der Waals surface area contributed by atoms with Gasteiger partial charge >= 0.3 is 0 Å². The van der Waals surface area contributed by atoms with E-state index in [-0.39, 0.29) is 36.6 Å². The minimum atomic E-state index is -0.332. The van der Waals surface area contributed by atoms with Crippen molar-refractivity contribution in [1.29, 1.82) is 0 Å². The van der Waals surface area contributed by atoms with Crippen molar-refractivity contribution in [2.75, 3.05) is 0 Å². The van der Waals surface area contributed by atoms with Gasteiger partial charge in [0.25, 0.3) is 0 Å². The Kier molecular flexibility index (Phi) is 17.3. The van der Waals surface area contributed by atoms with Gasteiger partial charge in [-0.2, -0.15) is 0 Å². The largest absolute Gasteiger partial charge is 0.507 e. The van der Waals surface area contributed by atoms with E-state index in [1.807, 2.05) is 41.5 Å². The number of hydrogen-bond acceptors (Lipinski definition) is 6. The highest BCUT2D eigenvalue weighted by atomic mass is 16.7. The molecule has 0 aromatic heterocycles. The number of hydrogen-bond donors (Lipinski definition) is 2. The average Bonchev–Trinajstić information content (AvgIpc) is 3.61. The van der Waals surface area contributed by atoms with Crippen LogP contribution in [0, 0.1) is 83.1 Å². The minimum Gasteiger partial charge on any atom is -0.507 e. The van der Waals surface area contributed by atoms with Crippen LogP contribution < -0.4 is 9.47 Å². The molecule has 2 N–H and O–H groups in total. The van der Waals surface area contributed by atoms with Gasteiger partial charge in [-0.15, -0.1) is 0 Å². The van der Waals surface area contributed by atoms with Gasteiger partial charge in [0.2, 0.25) is 0 Å². The quantitative estimate of drug-likeness (QED) is 0.0742. The van der Waals surface area contributed by atoms with Crippen LogP contribution in [-0.2, 0) is 9.47 Å². The Morgan fingerprint density at radius 3 is 0.923 bits per heavy atom. The lowest BCUT2D eigenvalue weighted by molar-refractivity contribution is -0.117. The number of aryl methyl sites for hydroxylation is 4. The van der Waals surface area contributed by atoms with Crippen molar-refractivity contribution in [2.24, 2.45) is 0 Å². The van der Waals surface area contributed by atoms with Crippen LogP contribution >= 0.6 is 0 Å². The summed E-state index contributed by atoms with van der Waals surface area (Å²) in [5.41, 5.74) is 24.5. The van der Waals surface area contributed by atoms with Gasteiger partial charge in [0, 0.05) is 11.8 Å². The van der Waals surface area contributed by atoms with E-state index in [0.717, 1.165) is 115 Å². The van der Waals surface area contributed by atoms with Crippen LogP contribution in [0.3, 0.4) is 0 Å². The van der Waals surface area contributed by atoms with Crippen molar-refractivity contribution in [3.63, 3.8) is 0 Å². The Morgan fingerprint density at radius 2 is 0.615 bits per heavy atom. The molecule has 0 heterocycles. The third-order valence-corrected chi connectivity index (χ3v) is 18.0. The van der Waals surface area contributed by atoms with Crippen molar-refractivity contribution < 1.29 is 29.2 Å². The van der Waals surface area contributed by atoms with E-state index < -0.39 is 0 Å². The van der Waals surface area contributed by atoms with Crippen LogP contribution in [-0.4, -0.2) is 35.0 Å². The Labute approximate surface area is 467 Å². The molecule has 6 heteroatoms. The molecule has 410 valence electrons. The summed E-state index contributed by atoms with van der Waals surface area (Å²) in [6.45, 7) is 29.5. The second-order valence-electron chi connectivity index (χ2n) is 23.3. The number of phenols is 2. The first kappa shape index (κ1) is 56.4. The van der Waals surface area contributed by atoms with Crippen molar-refractivity contribution in [3.05, 3.63) is 197 Å². The van der Waals surface area contributed by atoms with Crippen LogP contribution in [0.5, 0.6) is 23.0 Å². The highest BCUT2D eigenvalue weighted by molar-refractivity contribution is 5.72. The Hall–Kier alpha value is -6.34. The molecule has 78 heavy (non-hydrogen) atoms. The molecule has 9 rings (SSSR count). The summed E-state index contributed by atoms with van der Waals surface area (Å²) < 4.78 is 26.1. The van der Waals surface area contributed by atoms with Crippen LogP contribution in [0.25, 0.3) is 22.3 Å². The average molecular weight is 1050 g/mol. The van der Waals surface area contributed by atoms with Crippen LogP contribution in [0.4, 0.5) is 0 Å². The first-order chi connectivity index (χ1) is 37.3. The molecule has 0 bridgehead atoms. The molecule has 7 aromatic rings. The van der Waals surface area contributed by atoms with Crippen LogP contribution in [0.2, 0.25) is 0 Å². The molecule has 6 nitrogen and oxygen atoms in total.